The molecule has 3 rings (SSSR count). The Hall–Kier alpha value is -2.21. The van der Waals surface area contributed by atoms with Gasteiger partial charge in [-0.15, -0.1) is 10.2 Å². The Labute approximate surface area is 192 Å². The number of nitrogens with one attached hydrogen (secondary N) is 2. The van der Waals surface area contributed by atoms with Crippen LogP contribution in [0.3, 0.4) is 0 Å². The van der Waals surface area contributed by atoms with Gasteiger partial charge in [-0.1, -0.05) is 59.7 Å². The molecule has 1 amide bonds. The maximum atomic E-state index is 13.1. The van der Waals surface area contributed by atoms with Crippen molar-refractivity contribution in [2.45, 2.75) is 31.2 Å². The molecule has 0 fully saturated rings. The summed E-state index contributed by atoms with van der Waals surface area (Å²) in [6.07, 6.45) is 0.560. The van der Waals surface area contributed by atoms with E-state index in [-0.39, 0.29) is 15.9 Å². The van der Waals surface area contributed by atoms with Crippen molar-refractivity contribution in [1.29, 1.82) is 0 Å². The monoisotopic (exact) mass is 526 g/mol. The summed E-state index contributed by atoms with van der Waals surface area (Å²) in [5.74, 6) is -1.39. The second kappa shape index (κ2) is 9.94. The van der Waals surface area contributed by atoms with Crippen LogP contribution in [0.15, 0.2) is 57.9 Å². The van der Waals surface area contributed by atoms with Crippen molar-refractivity contribution in [2.24, 2.45) is 5.92 Å². The summed E-state index contributed by atoms with van der Waals surface area (Å²) < 4.78 is 41.9. The molecule has 11 heteroatoms. The zero-order chi connectivity index (χ0) is 22.6. The molecule has 0 radical (unpaired) electrons. The van der Waals surface area contributed by atoms with E-state index in [1.54, 1.807) is 6.92 Å². The largest absolute Gasteiger partial charge is 0.299 e. The van der Waals surface area contributed by atoms with Gasteiger partial charge in [-0.2, -0.15) is 4.72 Å². The second-order valence-corrected chi connectivity index (χ2v) is 10.5. The highest BCUT2D eigenvalue weighted by Crippen LogP contribution is 2.28. The molecule has 0 aliphatic rings. The third-order valence-corrected chi connectivity index (χ3v) is 7.52. The molecule has 0 aliphatic carbocycles. The van der Waals surface area contributed by atoms with Gasteiger partial charge in [0.15, 0.2) is 0 Å². The summed E-state index contributed by atoms with van der Waals surface area (Å²) in [5, 5.41) is 11.6. The van der Waals surface area contributed by atoms with E-state index < -0.39 is 27.8 Å². The molecule has 0 aliphatic heterocycles. The number of hydrogen-bond donors (Lipinski definition) is 2. The van der Waals surface area contributed by atoms with Gasteiger partial charge >= 0.3 is 0 Å². The Morgan fingerprint density at radius 1 is 1.13 bits per heavy atom. The van der Waals surface area contributed by atoms with Crippen LogP contribution in [0.1, 0.15) is 20.3 Å². The van der Waals surface area contributed by atoms with E-state index in [9.17, 15) is 17.6 Å². The molecule has 7 nitrogen and oxygen atoms in total. The zero-order valence-corrected chi connectivity index (χ0v) is 19.9. The number of anilines is 1. The lowest BCUT2D eigenvalue weighted by Gasteiger charge is -2.22. The summed E-state index contributed by atoms with van der Waals surface area (Å²) in [5.41, 5.74) is 0.844. The van der Waals surface area contributed by atoms with Gasteiger partial charge < -0.3 is 0 Å². The Morgan fingerprint density at radius 2 is 1.77 bits per heavy atom. The normalized spacial score (nSPS) is 13.5. The van der Waals surface area contributed by atoms with Crippen molar-refractivity contribution in [3.63, 3.8) is 0 Å². The van der Waals surface area contributed by atoms with Gasteiger partial charge in [0.05, 0.1) is 4.90 Å². The van der Waals surface area contributed by atoms with Gasteiger partial charge in [0, 0.05) is 10.0 Å². The molecule has 2 atom stereocenters. The van der Waals surface area contributed by atoms with E-state index in [0.717, 1.165) is 34.3 Å². The number of amides is 1. The van der Waals surface area contributed by atoms with Gasteiger partial charge in [-0.3, -0.25) is 10.1 Å². The van der Waals surface area contributed by atoms with E-state index in [2.05, 4.69) is 36.2 Å². The average molecular weight is 527 g/mol. The Balaban J connectivity index is 1.77. The molecule has 0 unspecified atom stereocenters. The Morgan fingerprint density at radius 3 is 2.39 bits per heavy atom. The third-order valence-electron chi connectivity index (χ3n) is 4.65. The van der Waals surface area contributed by atoms with E-state index in [1.165, 1.54) is 11.3 Å². The number of hydrogen-bond acceptors (Lipinski definition) is 6. The first-order valence-electron chi connectivity index (χ1n) is 9.38. The highest BCUT2D eigenvalue weighted by atomic mass is 79.9. The third kappa shape index (κ3) is 5.94. The number of nitrogens with zero attached hydrogens (tertiary/aromatic N) is 2. The number of carbonyl (C=O) groups excluding carboxylic acids is 1. The number of benzene rings is 2. The van der Waals surface area contributed by atoms with E-state index >= 15 is 0 Å². The minimum atomic E-state index is -4.03. The number of halogens is 2. The molecular formula is C20H20BrFN4O3S2. The molecule has 1 heterocycles. The second-order valence-electron chi connectivity index (χ2n) is 6.85. The van der Waals surface area contributed by atoms with Crippen molar-refractivity contribution in [3.8, 4) is 10.6 Å². The van der Waals surface area contributed by atoms with Crippen LogP contribution < -0.4 is 10.0 Å². The maximum absolute atomic E-state index is 13.1. The molecule has 31 heavy (non-hydrogen) atoms. The van der Waals surface area contributed by atoms with Gasteiger partial charge in [-0.25, -0.2) is 12.8 Å². The number of carbonyl (C=O) groups is 1. The Kier molecular flexibility index (Phi) is 7.52. The predicted molar refractivity (Wildman–Crippen MR) is 122 cm³/mol. The standard InChI is InChI=1S/C20H20BrFN4O3S2/c1-3-12(2)17(26-31(28,29)16-10-8-15(22)9-11-16)18(27)23-20-25-24-19(30-20)13-4-6-14(21)7-5-13/h4-12,17,26H,3H2,1-2H3,(H,23,25,27)/t12-,17-/m0/s1. The highest BCUT2D eigenvalue weighted by molar-refractivity contribution is 9.10. The van der Waals surface area contributed by atoms with Gasteiger partial charge in [0.25, 0.3) is 0 Å². The molecule has 1 aromatic heterocycles. The number of aromatic nitrogens is 2. The van der Waals surface area contributed by atoms with Crippen LogP contribution in [0.5, 0.6) is 0 Å². The van der Waals surface area contributed by atoms with Crippen LogP contribution in [0.25, 0.3) is 10.6 Å². The summed E-state index contributed by atoms with van der Waals surface area (Å²) in [6, 6.07) is 10.9. The zero-order valence-electron chi connectivity index (χ0n) is 16.7. The minimum Gasteiger partial charge on any atom is -0.299 e. The minimum absolute atomic E-state index is 0.122. The Bertz CT molecular complexity index is 1150. The predicted octanol–water partition coefficient (Wildman–Crippen LogP) is 4.44. The fraction of sp³-hybridized carbons (Fsp3) is 0.250. The molecule has 0 spiro atoms. The fourth-order valence-electron chi connectivity index (χ4n) is 2.68. The lowest BCUT2D eigenvalue weighted by molar-refractivity contribution is -0.118. The quantitative estimate of drug-likeness (QED) is 0.451. The first-order chi connectivity index (χ1) is 14.7. The summed E-state index contributed by atoms with van der Waals surface area (Å²) in [6.45, 7) is 3.62. The molecule has 0 bridgehead atoms. The summed E-state index contributed by atoms with van der Waals surface area (Å²) in [7, 11) is -4.03. The van der Waals surface area contributed by atoms with Crippen LogP contribution in [-0.2, 0) is 14.8 Å². The average Bonchev–Trinajstić information content (AvgIpc) is 3.20. The van der Waals surface area contributed by atoms with Crippen LogP contribution in [0.4, 0.5) is 9.52 Å². The summed E-state index contributed by atoms with van der Waals surface area (Å²) >= 11 is 4.56. The fourth-order valence-corrected chi connectivity index (χ4v) is 5.00. The van der Waals surface area contributed by atoms with Gasteiger partial charge in [0.1, 0.15) is 16.9 Å². The smallest absolute Gasteiger partial charge is 0.244 e. The van der Waals surface area contributed by atoms with E-state index in [0.29, 0.717) is 11.4 Å². The van der Waals surface area contributed by atoms with Crippen LogP contribution in [-0.4, -0.2) is 30.6 Å². The molecule has 2 N–H and O–H groups in total. The molecule has 2 aromatic carbocycles. The van der Waals surface area contributed by atoms with Crippen molar-refractivity contribution >= 4 is 48.3 Å². The van der Waals surface area contributed by atoms with Crippen LogP contribution in [0.2, 0.25) is 0 Å². The van der Waals surface area contributed by atoms with Gasteiger partial charge in [-0.05, 0) is 42.3 Å². The van der Waals surface area contributed by atoms with E-state index in [1.807, 2.05) is 31.2 Å². The highest BCUT2D eigenvalue weighted by Gasteiger charge is 2.30. The lowest BCUT2D eigenvalue weighted by atomic mass is 9.99. The number of rotatable bonds is 8. The molecular weight excluding hydrogens is 507 g/mol. The van der Waals surface area contributed by atoms with Crippen molar-refractivity contribution in [2.75, 3.05) is 5.32 Å². The molecule has 0 saturated heterocycles. The first kappa shape index (κ1) is 23.5. The van der Waals surface area contributed by atoms with Crippen LogP contribution >= 0.6 is 27.3 Å². The lowest BCUT2D eigenvalue weighted by Crippen LogP contribution is -2.47. The SMILES string of the molecule is CC[C@H](C)[C@H](NS(=O)(=O)c1ccc(F)cc1)C(=O)Nc1nnc(-c2ccc(Br)cc2)s1. The van der Waals surface area contributed by atoms with Crippen molar-refractivity contribution in [1.82, 2.24) is 14.9 Å². The van der Waals surface area contributed by atoms with Crippen molar-refractivity contribution < 1.29 is 17.6 Å². The molecule has 3 aromatic rings. The topological polar surface area (TPSA) is 101 Å². The molecule has 0 saturated carbocycles. The maximum Gasteiger partial charge on any atom is 0.244 e. The van der Waals surface area contributed by atoms with Crippen molar-refractivity contribution in [3.05, 3.63) is 58.8 Å². The van der Waals surface area contributed by atoms with E-state index in [4.69, 9.17) is 0 Å². The first-order valence-corrected chi connectivity index (χ1v) is 12.5. The molecule has 164 valence electrons. The summed E-state index contributed by atoms with van der Waals surface area (Å²) in [4.78, 5) is 12.8. The van der Waals surface area contributed by atoms with Crippen LogP contribution in [0, 0.1) is 11.7 Å². The van der Waals surface area contributed by atoms with Gasteiger partial charge in [0.2, 0.25) is 21.1 Å². The number of sulfonamides is 1.